The van der Waals surface area contributed by atoms with Crippen molar-refractivity contribution in [3.8, 4) is 0 Å². The van der Waals surface area contributed by atoms with E-state index in [1.54, 1.807) is 11.8 Å². The Kier molecular flexibility index (Phi) is 7.10. The van der Waals surface area contributed by atoms with Crippen LogP contribution in [0.5, 0.6) is 0 Å². The number of ketones is 1. The van der Waals surface area contributed by atoms with Crippen molar-refractivity contribution in [2.24, 2.45) is 5.92 Å². The van der Waals surface area contributed by atoms with Gasteiger partial charge in [-0.15, -0.1) is 24.2 Å². The van der Waals surface area contributed by atoms with Crippen LogP contribution in [0.4, 0.5) is 0 Å². The number of hydrogen-bond acceptors (Lipinski definition) is 3. The van der Waals surface area contributed by atoms with E-state index in [2.05, 4.69) is 47.9 Å². The first-order chi connectivity index (χ1) is 13.6. The standard InChI is InChI=1S/C24H28N2OS.ClH/c1-17-23(24(27)19-10-12-20(28-3)13-11-19)21-8-4-5-9-22(21)26(17)16-18-7-6-14-25(2)15-18;/h4-5,8-13,18H,6-7,14-16H2,1-3H3;1H. The zero-order valence-corrected chi connectivity index (χ0v) is 19.0. The molecule has 0 amide bonds. The molecule has 5 heteroatoms. The molecule has 1 unspecified atom stereocenters. The lowest BCUT2D eigenvalue weighted by molar-refractivity contribution is 0.103. The molecule has 0 bridgehead atoms. The Morgan fingerprint density at radius 3 is 2.55 bits per heavy atom. The summed E-state index contributed by atoms with van der Waals surface area (Å²) in [5, 5.41) is 1.07. The fraction of sp³-hybridized carbons (Fsp3) is 0.375. The summed E-state index contributed by atoms with van der Waals surface area (Å²) in [4.78, 5) is 17.0. The van der Waals surface area contributed by atoms with Gasteiger partial charge in [-0.2, -0.15) is 0 Å². The maximum atomic E-state index is 13.4. The van der Waals surface area contributed by atoms with Crippen LogP contribution < -0.4 is 0 Å². The predicted octanol–water partition coefficient (Wildman–Crippen LogP) is 5.67. The Hall–Kier alpha value is -1.75. The first-order valence-electron chi connectivity index (χ1n) is 10.0. The smallest absolute Gasteiger partial charge is 0.195 e. The number of fused-ring (bicyclic) bond motifs is 1. The summed E-state index contributed by atoms with van der Waals surface area (Å²) < 4.78 is 2.38. The highest BCUT2D eigenvalue weighted by Crippen LogP contribution is 2.30. The molecule has 1 aliphatic rings. The normalized spacial score (nSPS) is 17.3. The largest absolute Gasteiger partial charge is 0.344 e. The van der Waals surface area contributed by atoms with Gasteiger partial charge in [0.2, 0.25) is 0 Å². The van der Waals surface area contributed by atoms with Crippen LogP contribution in [-0.4, -0.2) is 41.6 Å². The van der Waals surface area contributed by atoms with Gasteiger partial charge in [0.25, 0.3) is 0 Å². The highest BCUT2D eigenvalue weighted by atomic mass is 35.5. The molecule has 0 N–H and O–H groups in total. The average molecular weight is 429 g/mol. The van der Waals surface area contributed by atoms with Gasteiger partial charge in [-0.1, -0.05) is 18.2 Å². The summed E-state index contributed by atoms with van der Waals surface area (Å²) in [6.45, 7) is 5.41. The number of para-hydroxylation sites is 1. The van der Waals surface area contributed by atoms with E-state index in [4.69, 9.17) is 0 Å². The van der Waals surface area contributed by atoms with Gasteiger partial charge >= 0.3 is 0 Å². The van der Waals surface area contributed by atoms with Crippen LogP contribution in [0, 0.1) is 12.8 Å². The molecule has 1 aromatic heterocycles. The quantitative estimate of drug-likeness (QED) is 0.387. The average Bonchev–Trinajstić information content (AvgIpc) is 2.99. The molecule has 154 valence electrons. The van der Waals surface area contributed by atoms with Gasteiger partial charge < -0.3 is 9.47 Å². The molecule has 1 fully saturated rings. The van der Waals surface area contributed by atoms with Crippen molar-refractivity contribution in [2.45, 2.75) is 31.2 Å². The van der Waals surface area contributed by atoms with Crippen LogP contribution in [0.2, 0.25) is 0 Å². The minimum atomic E-state index is 0. The number of hydrogen-bond donors (Lipinski definition) is 0. The Bertz CT molecular complexity index is 996. The Balaban J connectivity index is 0.00000240. The topological polar surface area (TPSA) is 25.2 Å². The van der Waals surface area contributed by atoms with Gasteiger partial charge in [0.05, 0.1) is 5.56 Å². The zero-order valence-electron chi connectivity index (χ0n) is 17.4. The maximum Gasteiger partial charge on any atom is 0.195 e. The summed E-state index contributed by atoms with van der Waals surface area (Å²) in [6, 6.07) is 16.3. The van der Waals surface area contributed by atoms with Crippen molar-refractivity contribution in [3.05, 3.63) is 65.4 Å². The van der Waals surface area contributed by atoms with E-state index in [1.165, 1.54) is 29.8 Å². The maximum absolute atomic E-state index is 13.4. The number of benzene rings is 2. The van der Waals surface area contributed by atoms with Gasteiger partial charge in [-0.05, 0) is 75.9 Å². The van der Waals surface area contributed by atoms with Crippen LogP contribution in [-0.2, 0) is 6.54 Å². The highest BCUT2D eigenvalue weighted by molar-refractivity contribution is 7.98. The van der Waals surface area contributed by atoms with Crippen LogP contribution >= 0.6 is 24.2 Å². The SMILES string of the molecule is CSc1ccc(C(=O)c2c(C)n(CC3CCCN(C)C3)c3ccccc23)cc1.Cl. The molecular formula is C24H29ClN2OS. The second kappa shape index (κ2) is 9.38. The van der Waals surface area contributed by atoms with E-state index in [0.717, 1.165) is 35.3 Å². The third-order valence-corrected chi connectivity index (χ3v) is 6.72. The van der Waals surface area contributed by atoms with Crippen molar-refractivity contribution < 1.29 is 4.79 Å². The Morgan fingerprint density at radius 1 is 1.14 bits per heavy atom. The van der Waals surface area contributed by atoms with Crippen LogP contribution in [0.25, 0.3) is 10.9 Å². The number of rotatable bonds is 5. The zero-order chi connectivity index (χ0) is 19.7. The molecule has 0 aliphatic carbocycles. The molecule has 29 heavy (non-hydrogen) atoms. The first-order valence-corrected chi connectivity index (χ1v) is 11.3. The van der Waals surface area contributed by atoms with Crippen molar-refractivity contribution >= 4 is 40.9 Å². The molecule has 1 saturated heterocycles. The van der Waals surface area contributed by atoms with Gasteiger partial charge in [-0.3, -0.25) is 4.79 Å². The summed E-state index contributed by atoms with van der Waals surface area (Å²) in [5.41, 5.74) is 3.89. The van der Waals surface area contributed by atoms with E-state index in [-0.39, 0.29) is 18.2 Å². The van der Waals surface area contributed by atoms with Crippen molar-refractivity contribution in [1.29, 1.82) is 0 Å². The summed E-state index contributed by atoms with van der Waals surface area (Å²) in [7, 11) is 2.21. The molecule has 1 atom stereocenters. The van der Waals surface area contributed by atoms with E-state index in [9.17, 15) is 4.79 Å². The third kappa shape index (κ3) is 4.40. The molecule has 1 aliphatic heterocycles. The molecule has 2 heterocycles. The Labute approximate surface area is 183 Å². The van der Waals surface area contributed by atoms with Gasteiger partial charge in [0.15, 0.2) is 5.78 Å². The molecule has 2 aromatic carbocycles. The number of likely N-dealkylation sites (tertiary alicyclic amines) is 1. The second-order valence-electron chi connectivity index (χ2n) is 7.92. The first kappa shape index (κ1) is 21.9. The second-order valence-corrected chi connectivity index (χ2v) is 8.80. The fourth-order valence-electron chi connectivity index (χ4n) is 4.52. The molecule has 0 radical (unpaired) electrons. The van der Waals surface area contributed by atoms with E-state index >= 15 is 0 Å². The van der Waals surface area contributed by atoms with Crippen molar-refractivity contribution in [1.82, 2.24) is 9.47 Å². The number of halogens is 1. The lowest BCUT2D eigenvalue weighted by Crippen LogP contribution is -2.34. The van der Waals surface area contributed by atoms with Crippen LogP contribution in [0.1, 0.15) is 34.5 Å². The van der Waals surface area contributed by atoms with Gasteiger partial charge in [-0.25, -0.2) is 0 Å². The van der Waals surface area contributed by atoms with E-state index < -0.39 is 0 Å². The van der Waals surface area contributed by atoms with E-state index in [1.807, 2.05) is 30.3 Å². The number of nitrogens with zero attached hydrogens (tertiary/aromatic N) is 2. The molecule has 3 aromatic rings. The third-order valence-electron chi connectivity index (χ3n) is 5.97. The monoisotopic (exact) mass is 428 g/mol. The number of carbonyl (C=O) groups excluding carboxylic acids is 1. The summed E-state index contributed by atoms with van der Waals surface area (Å²) in [6.07, 6.45) is 4.57. The fourth-order valence-corrected chi connectivity index (χ4v) is 4.93. The number of carbonyl (C=O) groups is 1. The lowest BCUT2D eigenvalue weighted by Gasteiger charge is -2.30. The number of piperidine rings is 1. The van der Waals surface area contributed by atoms with Gasteiger partial charge in [0.1, 0.15) is 0 Å². The number of thioether (sulfide) groups is 1. The molecule has 0 saturated carbocycles. The Morgan fingerprint density at radius 2 is 1.86 bits per heavy atom. The summed E-state index contributed by atoms with van der Waals surface area (Å²) in [5.74, 6) is 0.762. The molecular weight excluding hydrogens is 400 g/mol. The van der Waals surface area contributed by atoms with Gasteiger partial charge in [0, 0.05) is 40.1 Å². The molecule has 4 rings (SSSR count). The number of aromatic nitrogens is 1. The predicted molar refractivity (Wildman–Crippen MR) is 126 cm³/mol. The minimum absolute atomic E-state index is 0. The summed E-state index contributed by atoms with van der Waals surface area (Å²) >= 11 is 1.70. The van der Waals surface area contributed by atoms with Crippen molar-refractivity contribution in [3.63, 3.8) is 0 Å². The molecule has 3 nitrogen and oxygen atoms in total. The lowest BCUT2D eigenvalue weighted by atomic mass is 9.98. The van der Waals surface area contributed by atoms with Crippen molar-refractivity contribution in [2.75, 3.05) is 26.4 Å². The highest BCUT2D eigenvalue weighted by Gasteiger charge is 2.24. The minimum Gasteiger partial charge on any atom is -0.344 e. The van der Waals surface area contributed by atoms with Crippen LogP contribution in [0.3, 0.4) is 0 Å². The molecule has 0 spiro atoms. The van der Waals surface area contributed by atoms with Crippen LogP contribution in [0.15, 0.2) is 53.4 Å². The van der Waals surface area contributed by atoms with E-state index in [0.29, 0.717) is 5.92 Å².